The number of benzene rings is 1. The van der Waals surface area contributed by atoms with Crippen LogP contribution in [0.15, 0.2) is 30.5 Å². The first kappa shape index (κ1) is 12.3. The maximum absolute atomic E-state index is 10.9. The van der Waals surface area contributed by atoms with Crippen LogP contribution in [0.25, 0.3) is 10.8 Å². The molecule has 0 saturated carbocycles. The van der Waals surface area contributed by atoms with Crippen LogP contribution in [0, 0.1) is 0 Å². The summed E-state index contributed by atoms with van der Waals surface area (Å²) in [5.74, 6) is -0.235. The van der Waals surface area contributed by atoms with Crippen LogP contribution in [0.3, 0.4) is 0 Å². The number of carbonyl (C=O) groups is 1. The average molecular weight is 246 g/mol. The molecule has 0 aliphatic carbocycles. The predicted molar refractivity (Wildman–Crippen MR) is 68.9 cm³/mol. The monoisotopic (exact) mass is 246 g/mol. The summed E-state index contributed by atoms with van der Waals surface area (Å²) >= 11 is 0. The third kappa shape index (κ3) is 2.57. The molecule has 2 aromatic rings. The van der Waals surface area contributed by atoms with Gasteiger partial charge in [-0.3, -0.25) is 0 Å². The van der Waals surface area contributed by atoms with Crippen molar-refractivity contribution in [2.24, 2.45) is 0 Å². The number of aromatic carboxylic acids is 1. The van der Waals surface area contributed by atoms with Crippen molar-refractivity contribution in [2.45, 2.75) is 6.42 Å². The Bertz CT molecular complexity index is 569. The first-order valence-corrected chi connectivity index (χ1v) is 5.69. The van der Waals surface area contributed by atoms with Crippen molar-refractivity contribution in [3.05, 3.63) is 36.0 Å². The van der Waals surface area contributed by atoms with Gasteiger partial charge in [-0.05, 0) is 36.1 Å². The standard InChI is InChI=1S/C13H14N2O3/c16-7-1-5-14-12-11-3-2-10(13(17)18)8-9(11)4-6-15-12/h2-4,6,8,16H,1,5,7H2,(H,14,15)(H,17,18). The number of fused-ring (bicyclic) bond motifs is 1. The minimum atomic E-state index is -0.941. The minimum Gasteiger partial charge on any atom is -0.478 e. The van der Waals surface area contributed by atoms with E-state index in [9.17, 15) is 4.79 Å². The summed E-state index contributed by atoms with van der Waals surface area (Å²) < 4.78 is 0. The van der Waals surface area contributed by atoms with Crippen molar-refractivity contribution in [1.29, 1.82) is 0 Å². The Morgan fingerprint density at radius 3 is 2.89 bits per heavy atom. The fourth-order valence-electron chi connectivity index (χ4n) is 1.74. The molecule has 0 radical (unpaired) electrons. The van der Waals surface area contributed by atoms with Crippen molar-refractivity contribution >= 4 is 22.6 Å². The molecule has 0 saturated heterocycles. The number of hydrogen-bond acceptors (Lipinski definition) is 4. The number of nitrogens with one attached hydrogen (secondary N) is 1. The summed E-state index contributed by atoms with van der Waals surface area (Å²) in [6.07, 6.45) is 2.28. The van der Waals surface area contributed by atoms with Crippen molar-refractivity contribution in [3.63, 3.8) is 0 Å². The van der Waals surface area contributed by atoms with Gasteiger partial charge in [0.05, 0.1) is 5.56 Å². The zero-order valence-corrected chi connectivity index (χ0v) is 9.76. The van der Waals surface area contributed by atoms with E-state index in [-0.39, 0.29) is 12.2 Å². The molecule has 3 N–H and O–H groups in total. The molecule has 18 heavy (non-hydrogen) atoms. The van der Waals surface area contributed by atoms with Gasteiger partial charge in [-0.1, -0.05) is 0 Å². The summed E-state index contributed by atoms with van der Waals surface area (Å²) in [4.78, 5) is 15.1. The topological polar surface area (TPSA) is 82.5 Å². The Hall–Kier alpha value is -2.14. The van der Waals surface area contributed by atoms with Gasteiger partial charge in [-0.2, -0.15) is 0 Å². The molecule has 0 bridgehead atoms. The second kappa shape index (κ2) is 5.46. The highest BCUT2D eigenvalue weighted by Crippen LogP contribution is 2.22. The first-order chi connectivity index (χ1) is 8.72. The van der Waals surface area contributed by atoms with E-state index in [2.05, 4.69) is 10.3 Å². The number of hydrogen-bond donors (Lipinski definition) is 3. The Morgan fingerprint density at radius 2 is 2.17 bits per heavy atom. The lowest BCUT2D eigenvalue weighted by Gasteiger charge is -2.08. The van der Waals surface area contributed by atoms with Crippen molar-refractivity contribution in [2.75, 3.05) is 18.5 Å². The normalized spacial score (nSPS) is 10.5. The molecule has 0 spiro atoms. The lowest BCUT2D eigenvalue weighted by atomic mass is 10.1. The summed E-state index contributed by atoms with van der Waals surface area (Å²) in [5.41, 5.74) is 0.259. The molecular formula is C13H14N2O3. The molecule has 0 amide bonds. The SMILES string of the molecule is O=C(O)c1ccc2c(NCCCO)nccc2c1. The van der Waals surface area contributed by atoms with Crippen LogP contribution >= 0.6 is 0 Å². The molecule has 0 aliphatic rings. The molecule has 0 atom stereocenters. The van der Waals surface area contributed by atoms with Crippen LogP contribution < -0.4 is 5.32 Å². The third-order valence-corrected chi connectivity index (χ3v) is 2.64. The van der Waals surface area contributed by atoms with E-state index in [1.807, 2.05) is 0 Å². The molecule has 0 fully saturated rings. The van der Waals surface area contributed by atoms with E-state index >= 15 is 0 Å². The Kier molecular flexibility index (Phi) is 3.74. The quantitative estimate of drug-likeness (QED) is 0.700. The zero-order valence-electron chi connectivity index (χ0n) is 9.76. The van der Waals surface area contributed by atoms with E-state index in [0.717, 1.165) is 10.8 Å². The molecule has 0 aliphatic heterocycles. The molecule has 5 heteroatoms. The van der Waals surface area contributed by atoms with Crippen LogP contribution in [-0.2, 0) is 0 Å². The average Bonchev–Trinajstić information content (AvgIpc) is 2.38. The molecule has 5 nitrogen and oxygen atoms in total. The van der Waals surface area contributed by atoms with Gasteiger partial charge in [0.1, 0.15) is 5.82 Å². The van der Waals surface area contributed by atoms with Crippen LogP contribution in [-0.4, -0.2) is 34.3 Å². The summed E-state index contributed by atoms with van der Waals surface area (Å²) in [7, 11) is 0. The van der Waals surface area contributed by atoms with Crippen molar-refractivity contribution in [3.8, 4) is 0 Å². The molecule has 94 valence electrons. The van der Waals surface area contributed by atoms with E-state index in [0.29, 0.717) is 18.8 Å². The van der Waals surface area contributed by atoms with E-state index in [4.69, 9.17) is 10.2 Å². The van der Waals surface area contributed by atoms with Gasteiger partial charge in [-0.25, -0.2) is 9.78 Å². The van der Waals surface area contributed by atoms with Gasteiger partial charge in [0, 0.05) is 24.7 Å². The fraction of sp³-hybridized carbons (Fsp3) is 0.231. The number of aromatic nitrogens is 1. The Balaban J connectivity index is 2.34. The Morgan fingerprint density at radius 1 is 1.33 bits per heavy atom. The number of nitrogens with zero attached hydrogens (tertiary/aromatic N) is 1. The summed E-state index contributed by atoms with van der Waals surface area (Å²) in [6.45, 7) is 0.754. The van der Waals surface area contributed by atoms with Gasteiger partial charge in [0.25, 0.3) is 0 Å². The van der Waals surface area contributed by atoms with Crippen LogP contribution in [0.1, 0.15) is 16.8 Å². The van der Waals surface area contributed by atoms with E-state index in [1.165, 1.54) is 0 Å². The van der Waals surface area contributed by atoms with Crippen LogP contribution in [0.2, 0.25) is 0 Å². The number of carboxylic acids is 1. The van der Waals surface area contributed by atoms with Crippen molar-refractivity contribution in [1.82, 2.24) is 4.98 Å². The Labute approximate surface area is 104 Å². The minimum absolute atomic E-state index is 0.126. The lowest BCUT2D eigenvalue weighted by molar-refractivity contribution is 0.0697. The second-order valence-electron chi connectivity index (χ2n) is 3.90. The maximum atomic E-state index is 10.9. The van der Waals surface area contributed by atoms with Gasteiger partial charge in [0.15, 0.2) is 0 Å². The van der Waals surface area contributed by atoms with E-state index in [1.54, 1.807) is 30.5 Å². The predicted octanol–water partition coefficient (Wildman–Crippen LogP) is 1.73. The second-order valence-corrected chi connectivity index (χ2v) is 3.90. The fourth-order valence-corrected chi connectivity index (χ4v) is 1.74. The molecule has 0 unspecified atom stereocenters. The summed E-state index contributed by atoms with van der Waals surface area (Å²) in [6, 6.07) is 6.70. The smallest absolute Gasteiger partial charge is 0.335 e. The highest BCUT2D eigenvalue weighted by Gasteiger charge is 2.06. The third-order valence-electron chi connectivity index (χ3n) is 2.64. The molecule has 1 aromatic heterocycles. The molecule has 1 heterocycles. The van der Waals surface area contributed by atoms with E-state index < -0.39 is 5.97 Å². The van der Waals surface area contributed by atoms with Gasteiger partial charge >= 0.3 is 5.97 Å². The highest BCUT2D eigenvalue weighted by molar-refractivity contribution is 5.98. The van der Waals surface area contributed by atoms with Gasteiger partial charge in [0.2, 0.25) is 0 Å². The van der Waals surface area contributed by atoms with Crippen molar-refractivity contribution < 1.29 is 15.0 Å². The largest absolute Gasteiger partial charge is 0.478 e. The highest BCUT2D eigenvalue weighted by atomic mass is 16.4. The molecule has 1 aromatic carbocycles. The zero-order chi connectivity index (χ0) is 13.0. The molecule has 2 rings (SSSR count). The summed E-state index contributed by atoms with van der Waals surface area (Å²) in [5, 5.41) is 22.5. The first-order valence-electron chi connectivity index (χ1n) is 5.69. The number of carboxylic acid groups (broad SMARTS) is 1. The molecular weight excluding hydrogens is 232 g/mol. The number of pyridine rings is 1. The number of aliphatic hydroxyl groups is 1. The number of rotatable bonds is 5. The van der Waals surface area contributed by atoms with Crippen LogP contribution in [0.5, 0.6) is 0 Å². The number of anilines is 1. The maximum Gasteiger partial charge on any atom is 0.335 e. The number of aliphatic hydroxyl groups excluding tert-OH is 1. The van der Waals surface area contributed by atoms with Crippen LogP contribution in [0.4, 0.5) is 5.82 Å². The van der Waals surface area contributed by atoms with Gasteiger partial charge in [-0.15, -0.1) is 0 Å². The van der Waals surface area contributed by atoms with Gasteiger partial charge < -0.3 is 15.5 Å². The lowest BCUT2D eigenvalue weighted by Crippen LogP contribution is -2.05.